The third-order valence-corrected chi connectivity index (χ3v) is 8.81. The first-order valence-corrected chi connectivity index (χ1v) is 13.3. The van der Waals surface area contributed by atoms with Crippen LogP contribution >= 0.6 is 0 Å². The molecule has 0 aromatic carbocycles. The monoisotopic (exact) mass is 432 g/mol. The maximum Gasteiger partial charge on any atom is 0.0144 e. The van der Waals surface area contributed by atoms with Gasteiger partial charge in [0.25, 0.3) is 0 Å². The first kappa shape index (κ1) is 24.0. The van der Waals surface area contributed by atoms with Gasteiger partial charge in [-0.1, -0.05) is 0 Å². The van der Waals surface area contributed by atoms with E-state index in [9.17, 15) is 0 Å². The lowest BCUT2D eigenvalue weighted by Crippen LogP contribution is -2.62. The van der Waals surface area contributed by atoms with Gasteiger partial charge in [0.2, 0.25) is 0 Å². The molecule has 2 aliphatic carbocycles. The summed E-state index contributed by atoms with van der Waals surface area (Å²) in [6, 6.07) is 1.31. The average molecular weight is 433 g/mol. The van der Waals surface area contributed by atoms with Crippen LogP contribution in [0.2, 0.25) is 0 Å². The van der Waals surface area contributed by atoms with E-state index in [-0.39, 0.29) is 22.2 Å². The molecule has 4 heteroatoms. The molecule has 0 radical (unpaired) electrons. The van der Waals surface area contributed by atoms with E-state index in [1.807, 2.05) is 0 Å². The minimum absolute atomic E-state index is 0.233. The Bertz CT molecular complexity index is 553. The minimum Gasteiger partial charge on any atom is -0.314 e. The highest BCUT2D eigenvalue weighted by molar-refractivity contribution is 5.03. The maximum absolute atomic E-state index is 4.04. The zero-order chi connectivity index (χ0) is 22.7. The van der Waals surface area contributed by atoms with Crippen LogP contribution in [0, 0.1) is 23.7 Å². The van der Waals surface area contributed by atoms with Crippen LogP contribution < -0.4 is 21.3 Å². The molecule has 2 bridgehead atoms. The second-order valence-corrected chi connectivity index (χ2v) is 14.6. The molecule has 180 valence electrons. The van der Waals surface area contributed by atoms with Gasteiger partial charge in [-0.05, 0) is 137 Å². The fourth-order valence-corrected chi connectivity index (χ4v) is 8.69. The highest BCUT2D eigenvalue weighted by atomic mass is 15.1. The van der Waals surface area contributed by atoms with E-state index in [0.717, 1.165) is 23.7 Å². The molecule has 2 heterocycles. The van der Waals surface area contributed by atoms with E-state index in [1.54, 1.807) is 0 Å². The number of fused-ring (bicyclic) bond motifs is 2. The number of nitrogens with one attached hydrogen (secondary N) is 4. The molecule has 4 aliphatic rings. The van der Waals surface area contributed by atoms with Crippen LogP contribution in [0.1, 0.15) is 100 Å². The summed E-state index contributed by atoms with van der Waals surface area (Å²) in [4.78, 5) is 0. The molecule has 2 aliphatic heterocycles. The lowest BCUT2D eigenvalue weighted by Gasteiger charge is -2.47. The predicted octanol–water partition coefficient (Wildman–Crippen LogP) is 4.45. The zero-order valence-electron chi connectivity index (χ0n) is 21.8. The highest BCUT2D eigenvalue weighted by Gasteiger charge is 2.47. The molecule has 4 rings (SSSR count). The minimum atomic E-state index is 0.233. The summed E-state index contributed by atoms with van der Waals surface area (Å²) in [6.45, 7) is 21.4. The van der Waals surface area contributed by atoms with Crippen molar-refractivity contribution in [2.45, 2.75) is 135 Å². The standard InChI is InChI=1S/C27H52N4/c1-24(2)12-21(13-25(3,4)30-24)28-16-19-9-18-10-20(23(19)11-18)17-29-22-14-26(5,6)31-27(7,8)15-22/h18-23,28-31H,9-17H2,1-8H3. The molecule has 2 atom stereocenters. The van der Waals surface area contributed by atoms with Gasteiger partial charge in [0.1, 0.15) is 0 Å². The molecule has 4 fully saturated rings. The molecule has 4 N–H and O–H groups in total. The van der Waals surface area contributed by atoms with E-state index in [4.69, 9.17) is 0 Å². The van der Waals surface area contributed by atoms with Gasteiger partial charge in [-0.3, -0.25) is 0 Å². The van der Waals surface area contributed by atoms with Crippen LogP contribution in [0.5, 0.6) is 0 Å². The Morgan fingerprint density at radius 1 is 0.581 bits per heavy atom. The van der Waals surface area contributed by atoms with Gasteiger partial charge < -0.3 is 21.3 Å². The Labute approximate surface area is 192 Å². The summed E-state index contributed by atoms with van der Waals surface area (Å²) in [5, 5.41) is 15.7. The zero-order valence-corrected chi connectivity index (χ0v) is 21.8. The van der Waals surface area contributed by atoms with Gasteiger partial charge >= 0.3 is 0 Å². The summed E-state index contributed by atoms with van der Waals surface area (Å²) in [7, 11) is 0. The molecule has 0 aromatic heterocycles. The Balaban J connectivity index is 1.27. The molecule has 0 aromatic rings. The Morgan fingerprint density at radius 3 is 1.26 bits per heavy atom. The molecular formula is C27H52N4. The summed E-state index contributed by atoms with van der Waals surface area (Å²) < 4.78 is 0. The van der Waals surface area contributed by atoms with Gasteiger partial charge in [0.05, 0.1) is 0 Å². The van der Waals surface area contributed by atoms with Crippen molar-refractivity contribution in [3.05, 3.63) is 0 Å². The molecule has 2 saturated heterocycles. The molecule has 4 nitrogen and oxygen atoms in total. The summed E-state index contributed by atoms with van der Waals surface area (Å²) >= 11 is 0. The van der Waals surface area contributed by atoms with E-state index in [0.29, 0.717) is 12.1 Å². The van der Waals surface area contributed by atoms with Crippen molar-refractivity contribution in [1.29, 1.82) is 0 Å². The second-order valence-electron chi connectivity index (χ2n) is 14.6. The number of hydrogen-bond donors (Lipinski definition) is 4. The van der Waals surface area contributed by atoms with Crippen molar-refractivity contribution in [3.8, 4) is 0 Å². The van der Waals surface area contributed by atoms with Crippen molar-refractivity contribution in [2.24, 2.45) is 23.7 Å². The average Bonchev–Trinajstić information content (AvgIpc) is 3.12. The van der Waals surface area contributed by atoms with Crippen molar-refractivity contribution in [1.82, 2.24) is 21.3 Å². The lowest BCUT2D eigenvalue weighted by atomic mass is 9.77. The summed E-state index contributed by atoms with van der Waals surface area (Å²) in [5.74, 6) is 3.72. The van der Waals surface area contributed by atoms with Crippen molar-refractivity contribution in [2.75, 3.05) is 13.1 Å². The van der Waals surface area contributed by atoms with E-state index < -0.39 is 0 Å². The van der Waals surface area contributed by atoms with E-state index in [2.05, 4.69) is 76.7 Å². The van der Waals surface area contributed by atoms with Crippen molar-refractivity contribution in [3.63, 3.8) is 0 Å². The van der Waals surface area contributed by atoms with Crippen LogP contribution in [0.4, 0.5) is 0 Å². The molecule has 2 unspecified atom stereocenters. The van der Waals surface area contributed by atoms with Gasteiger partial charge in [-0.2, -0.15) is 0 Å². The van der Waals surface area contributed by atoms with Crippen molar-refractivity contribution >= 4 is 0 Å². The smallest absolute Gasteiger partial charge is 0.0144 e. The summed E-state index contributed by atoms with van der Waals surface area (Å²) in [6.07, 6.45) is 9.39. The van der Waals surface area contributed by atoms with Crippen LogP contribution in [0.15, 0.2) is 0 Å². The number of hydrogen-bond acceptors (Lipinski definition) is 4. The maximum atomic E-state index is 4.04. The van der Waals surface area contributed by atoms with Crippen LogP contribution in [0.3, 0.4) is 0 Å². The van der Waals surface area contributed by atoms with Gasteiger partial charge in [0.15, 0.2) is 0 Å². The van der Waals surface area contributed by atoms with Gasteiger partial charge in [-0.15, -0.1) is 0 Å². The fraction of sp³-hybridized carbons (Fsp3) is 1.00. The third kappa shape index (κ3) is 6.05. The van der Waals surface area contributed by atoms with Crippen LogP contribution in [-0.2, 0) is 0 Å². The Morgan fingerprint density at radius 2 is 0.935 bits per heavy atom. The van der Waals surface area contributed by atoms with Crippen LogP contribution in [0.25, 0.3) is 0 Å². The van der Waals surface area contributed by atoms with Crippen molar-refractivity contribution < 1.29 is 0 Å². The molecular weight excluding hydrogens is 380 g/mol. The van der Waals surface area contributed by atoms with Gasteiger partial charge in [-0.25, -0.2) is 0 Å². The number of piperidine rings is 2. The Kier molecular flexibility index (Phi) is 6.38. The topological polar surface area (TPSA) is 48.1 Å². The first-order chi connectivity index (χ1) is 14.2. The van der Waals surface area contributed by atoms with E-state index in [1.165, 1.54) is 58.0 Å². The van der Waals surface area contributed by atoms with Gasteiger partial charge in [0, 0.05) is 34.2 Å². The third-order valence-electron chi connectivity index (χ3n) is 8.81. The fourth-order valence-electron chi connectivity index (χ4n) is 8.69. The molecule has 2 saturated carbocycles. The summed E-state index contributed by atoms with van der Waals surface area (Å²) in [5.41, 5.74) is 0.932. The molecule has 0 amide bonds. The SMILES string of the molecule is CC1(C)CC(NCC2CC3CC(CNC4CC(C)(C)NC(C)(C)C4)C2C3)CC(C)(C)N1. The molecule has 0 spiro atoms. The predicted molar refractivity (Wildman–Crippen MR) is 132 cm³/mol. The lowest BCUT2D eigenvalue weighted by molar-refractivity contribution is 0.129. The normalized spacial score (nSPS) is 39.1. The van der Waals surface area contributed by atoms with Crippen LogP contribution in [-0.4, -0.2) is 47.3 Å². The quantitative estimate of drug-likeness (QED) is 0.501. The first-order valence-electron chi connectivity index (χ1n) is 13.3. The van der Waals surface area contributed by atoms with E-state index >= 15 is 0 Å². The Hall–Kier alpha value is -0.160. The highest BCUT2D eigenvalue weighted by Crippen LogP contribution is 2.51. The number of rotatable bonds is 6. The second kappa shape index (κ2) is 8.25. The largest absolute Gasteiger partial charge is 0.314 e. The molecule has 31 heavy (non-hydrogen) atoms.